The molecule has 1 fully saturated rings. The van der Waals surface area contributed by atoms with Crippen LogP contribution in [0.25, 0.3) is 0 Å². The minimum absolute atomic E-state index is 0.0946. The first-order valence-corrected chi connectivity index (χ1v) is 7.10. The number of aryl methyl sites for hydroxylation is 2. The molecule has 0 aliphatic carbocycles. The second kappa shape index (κ2) is 6.55. The number of nitrogens with zero attached hydrogens (tertiary/aromatic N) is 1. The molecule has 0 atom stereocenters. The minimum atomic E-state index is -0.423. The smallest absolute Gasteiger partial charge is 0.338 e. The van der Waals surface area contributed by atoms with Gasteiger partial charge in [0.2, 0.25) is 0 Å². The van der Waals surface area contributed by atoms with Gasteiger partial charge in [-0.2, -0.15) is 0 Å². The topological polar surface area (TPSA) is 46.6 Å². The molecule has 108 valence electrons. The summed E-state index contributed by atoms with van der Waals surface area (Å²) in [4.78, 5) is 25.7. The van der Waals surface area contributed by atoms with E-state index in [0.29, 0.717) is 5.56 Å². The first-order chi connectivity index (χ1) is 9.58. The van der Waals surface area contributed by atoms with E-state index in [-0.39, 0.29) is 12.5 Å². The average molecular weight is 275 g/mol. The van der Waals surface area contributed by atoms with Crippen molar-refractivity contribution in [2.24, 2.45) is 0 Å². The summed E-state index contributed by atoms with van der Waals surface area (Å²) >= 11 is 0. The molecule has 1 aromatic carbocycles. The maximum atomic E-state index is 12.0. The summed E-state index contributed by atoms with van der Waals surface area (Å²) in [6, 6.07) is 5.55. The van der Waals surface area contributed by atoms with Crippen LogP contribution in [0, 0.1) is 13.8 Å². The van der Waals surface area contributed by atoms with Crippen LogP contribution in [-0.2, 0) is 9.53 Å². The summed E-state index contributed by atoms with van der Waals surface area (Å²) in [5, 5.41) is 0. The normalized spacial score (nSPS) is 15.0. The predicted octanol–water partition coefficient (Wildman–Crippen LogP) is 2.47. The minimum Gasteiger partial charge on any atom is -0.452 e. The van der Waals surface area contributed by atoms with E-state index in [9.17, 15) is 9.59 Å². The second-order valence-corrected chi connectivity index (χ2v) is 5.34. The molecule has 4 heteroatoms. The lowest BCUT2D eigenvalue weighted by atomic mass is 10.1. The van der Waals surface area contributed by atoms with Gasteiger partial charge in [-0.25, -0.2) is 4.79 Å². The summed E-state index contributed by atoms with van der Waals surface area (Å²) in [5.41, 5.74) is 2.51. The van der Waals surface area contributed by atoms with Crippen molar-refractivity contribution in [3.05, 3.63) is 34.9 Å². The van der Waals surface area contributed by atoms with Crippen LogP contribution < -0.4 is 0 Å². The van der Waals surface area contributed by atoms with Crippen molar-refractivity contribution in [1.82, 2.24) is 4.90 Å². The van der Waals surface area contributed by atoms with E-state index in [1.165, 1.54) is 6.42 Å². The van der Waals surface area contributed by atoms with Gasteiger partial charge in [0.05, 0.1) is 5.56 Å². The van der Waals surface area contributed by atoms with Crippen molar-refractivity contribution in [1.29, 1.82) is 0 Å². The number of esters is 1. The Labute approximate surface area is 119 Å². The number of likely N-dealkylation sites (tertiary alicyclic amines) is 1. The Bertz CT molecular complexity index is 504. The molecule has 0 unspecified atom stereocenters. The molecular formula is C16H21NO3. The maximum absolute atomic E-state index is 12.0. The molecule has 1 saturated heterocycles. The Hall–Kier alpha value is -1.84. The third-order valence-corrected chi connectivity index (χ3v) is 3.64. The fraction of sp³-hybridized carbons (Fsp3) is 0.500. The van der Waals surface area contributed by atoms with Crippen molar-refractivity contribution < 1.29 is 14.3 Å². The van der Waals surface area contributed by atoms with Crippen LogP contribution in [0.5, 0.6) is 0 Å². The molecule has 0 spiro atoms. The van der Waals surface area contributed by atoms with Crippen molar-refractivity contribution in [3.63, 3.8) is 0 Å². The molecule has 1 heterocycles. The van der Waals surface area contributed by atoms with Crippen LogP contribution in [0.1, 0.15) is 40.7 Å². The Morgan fingerprint density at radius 1 is 1.15 bits per heavy atom. The molecule has 1 aliphatic heterocycles. The fourth-order valence-corrected chi connectivity index (χ4v) is 2.48. The number of carbonyl (C=O) groups is 2. The second-order valence-electron chi connectivity index (χ2n) is 5.34. The number of rotatable bonds is 3. The highest BCUT2D eigenvalue weighted by Crippen LogP contribution is 2.13. The highest BCUT2D eigenvalue weighted by Gasteiger charge is 2.19. The number of amides is 1. The zero-order valence-corrected chi connectivity index (χ0v) is 12.1. The highest BCUT2D eigenvalue weighted by molar-refractivity contribution is 5.92. The van der Waals surface area contributed by atoms with Crippen LogP contribution in [-0.4, -0.2) is 36.5 Å². The molecule has 0 bridgehead atoms. The van der Waals surface area contributed by atoms with Gasteiger partial charge in [-0.15, -0.1) is 0 Å². The van der Waals surface area contributed by atoms with Crippen LogP contribution in [0.2, 0.25) is 0 Å². The lowest BCUT2D eigenvalue weighted by Gasteiger charge is -2.26. The van der Waals surface area contributed by atoms with Gasteiger partial charge in [0, 0.05) is 13.1 Å². The van der Waals surface area contributed by atoms with Gasteiger partial charge >= 0.3 is 5.97 Å². The van der Waals surface area contributed by atoms with E-state index < -0.39 is 5.97 Å². The molecule has 0 aromatic heterocycles. The SMILES string of the molecule is Cc1ccc(C(=O)OCC(=O)N2CCCCC2)c(C)c1. The van der Waals surface area contributed by atoms with Gasteiger partial charge < -0.3 is 9.64 Å². The van der Waals surface area contributed by atoms with Gasteiger partial charge in [-0.05, 0) is 44.7 Å². The van der Waals surface area contributed by atoms with Gasteiger partial charge in [-0.1, -0.05) is 17.7 Å². The molecule has 0 saturated carbocycles. The molecular weight excluding hydrogens is 254 g/mol. The van der Waals surface area contributed by atoms with Crippen molar-refractivity contribution in [2.75, 3.05) is 19.7 Å². The molecule has 0 N–H and O–H groups in total. The third kappa shape index (κ3) is 3.59. The molecule has 1 aromatic rings. The Kier molecular flexibility index (Phi) is 4.77. The van der Waals surface area contributed by atoms with E-state index in [1.807, 2.05) is 26.0 Å². The van der Waals surface area contributed by atoms with Crippen LogP contribution in [0.3, 0.4) is 0 Å². The molecule has 2 rings (SSSR count). The summed E-state index contributed by atoms with van der Waals surface area (Å²) in [7, 11) is 0. The van der Waals surface area contributed by atoms with Crippen molar-refractivity contribution in [2.45, 2.75) is 33.1 Å². The number of hydrogen-bond acceptors (Lipinski definition) is 3. The van der Waals surface area contributed by atoms with Gasteiger partial charge in [-0.3, -0.25) is 4.79 Å². The largest absolute Gasteiger partial charge is 0.452 e. The van der Waals surface area contributed by atoms with E-state index in [2.05, 4.69) is 0 Å². The lowest BCUT2D eigenvalue weighted by molar-refractivity contribution is -0.135. The Morgan fingerprint density at radius 2 is 1.85 bits per heavy atom. The predicted molar refractivity (Wildman–Crippen MR) is 76.6 cm³/mol. The molecule has 4 nitrogen and oxygen atoms in total. The van der Waals surface area contributed by atoms with Gasteiger partial charge in [0.15, 0.2) is 6.61 Å². The molecule has 1 amide bonds. The van der Waals surface area contributed by atoms with Crippen LogP contribution >= 0.6 is 0 Å². The molecule has 0 radical (unpaired) electrons. The van der Waals surface area contributed by atoms with Crippen molar-refractivity contribution >= 4 is 11.9 Å². The highest BCUT2D eigenvalue weighted by atomic mass is 16.5. The number of hydrogen-bond donors (Lipinski definition) is 0. The zero-order chi connectivity index (χ0) is 14.5. The summed E-state index contributed by atoms with van der Waals surface area (Å²) in [6.45, 7) is 5.24. The van der Waals surface area contributed by atoms with E-state index >= 15 is 0 Å². The van der Waals surface area contributed by atoms with E-state index in [4.69, 9.17) is 4.74 Å². The number of ether oxygens (including phenoxy) is 1. The summed E-state index contributed by atoms with van der Waals surface area (Å²) in [6.07, 6.45) is 3.25. The maximum Gasteiger partial charge on any atom is 0.338 e. The van der Waals surface area contributed by atoms with Crippen LogP contribution in [0.4, 0.5) is 0 Å². The number of carbonyl (C=O) groups excluding carboxylic acids is 2. The number of piperidine rings is 1. The van der Waals surface area contributed by atoms with Crippen LogP contribution in [0.15, 0.2) is 18.2 Å². The standard InChI is InChI=1S/C16H21NO3/c1-12-6-7-14(13(2)10-12)16(19)20-11-15(18)17-8-4-3-5-9-17/h6-7,10H,3-5,8-9,11H2,1-2H3. The van der Waals surface area contributed by atoms with E-state index in [1.54, 1.807) is 11.0 Å². The van der Waals surface area contributed by atoms with E-state index in [0.717, 1.165) is 37.1 Å². The zero-order valence-electron chi connectivity index (χ0n) is 12.1. The number of benzene rings is 1. The van der Waals surface area contributed by atoms with Gasteiger partial charge in [0.25, 0.3) is 5.91 Å². The summed E-state index contributed by atoms with van der Waals surface area (Å²) < 4.78 is 5.13. The Morgan fingerprint density at radius 3 is 2.50 bits per heavy atom. The average Bonchev–Trinajstić information content (AvgIpc) is 2.45. The fourth-order valence-electron chi connectivity index (χ4n) is 2.48. The summed E-state index contributed by atoms with van der Waals surface area (Å²) in [5.74, 6) is -0.518. The monoisotopic (exact) mass is 275 g/mol. The quantitative estimate of drug-likeness (QED) is 0.796. The molecule has 20 heavy (non-hydrogen) atoms. The van der Waals surface area contributed by atoms with Crippen molar-refractivity contribution in [3.8, 4) is 0 Å². The first-order valence-electron chi connectivity index (χ1n) is 7.10. The third-order valence-electron chi connectivity index (χ3n) is 3.64. The Balaban J connectivity index is 1.89. The lowest BCUT2D eigenvalue weighted by Crippen LogP contribution is -2.38. The van der Waals surface area contributed by atoms with Gasteiger partial charge in [0.1, 0.15) is 0 Å². The first kappa shape index (κ1) is 14.6. The molecule has 1 aliphatic rings.